The molecule has 0 bridgehead atoms. The zero-order chi connectivity index (χ0) is 20.9. The first-order valence-electron chi connectivity index (χ1n) is 8.98. The lowest BCUT2D eigenvalue weighted by atomic mass is 10.1. The van der Waals surface area contributed by atoms with E-state index in [0.29, 0.717) is 25.3 Å². The maximum absolute atomic E-state index is 12.2. The minimum atomic E-state index is -3.71. The van der Waals surface area contributed by atoms with Crippen LogP contribution in [0.5, 0.6) is 0 Å². The largest absolute Gasteiger partial charge is 0.446 e. The van der Waals surface area contributed by atoms with E-state index in [4.69, 9.17) is 15.3 Å². The van der Waals surface area contributed by atoms with Gasteiger partial charge in [0.1, 0.15) is 6.26 Å². The highest BCUT2D eigenvalue weighted by atomic mass is 32.2. The molecule has 0 radical (unpaired) electrons. The number of primary sulfonamides is 1. The number of sulfonamides is 1. The van der Waals surface area contributed by atoms with Crippen LogP contribution < -0.4 is 16.2 Å². The Morgan fingerprint density at radius 1 is 1.07 bits per heavy atom. The van der Waals surface area contributed by atoms with Gasteiger partial charge in [0.2, 0.25) is 15.9 Å². The van der Waals surface area contributed by atoms with E-state index < -0.39 is 16.1 Å². The molecule has 1 heterocycles. The molecule has 1 atom stereocenters. The van der Waals surface area contributed by atoms with E-state index in [0.717, 1.165) is 11.1 Å². The minimum absolute atomic E-state index is 0.0484. The molecular weight excluding hydrogens is 392 g/mol. The molecule has 0 saturated heterocycles. The predicted molar refractivity (Wildman–Crippen MR) is 107 cm³/mol. The fraction of sp³-hybridized carbons (Fsp3) is 0.200. The van der Waals surface area contributed by atoms with Crippen molar-refractivity contribution in [2.45, 2.75) is 23.8 Å². The molecule has 8 nitrogen and oxygen atoms in total. The van der Waals surface area contributed by atoms with Crippen LogP contribution in [0.15, 0.2) is 70.2 Å². The number of hydrogen-bond acceptors (Lipinski definition) is 6. The van der Waals surface area contributed by atoms with Crippen molar-refractivity contribution in [3.8, 4) is 0 Å². The summed E-state index contributed by atoms with van der Waals surface area (Å²) in [5.74, 6) is -0.0642. The molecule has 9 heteroatoms. The van der Waals surface area contributed by atoms with Crippen LogP contribution in [0, 0.1) is 0 Å². The fourth-order valence-electron chi connectivity index (χ4n) is 2.77. The molecule has 0 aliphatic heterocycles. The number of aromatic nitrogens is 1. The first-order chi connectivity index (χ1) is 13.8. The summed E-state index contributed by atoms with van der Waals surface area (Å²) < 4.78 is 27.9. The Kier molecular flexibility index (Phi) is 6.42. The summed E-state index contributed by atoms with van der Waals surface area (Å²) in [5, 5.41) is 7.82. The van der Waals surface area contributed by atoms with Crippen molar-refractivity contribution in [2.24, 2.45) is 10.9 Å². The van der Waals surface area contributed by atoms with Crippen molar-refractivity contribution in [3.05, 3.63) is 83.6 Å². The SMILES string of the molecule is NC(Cc1ccccc1)c1nc(C(=O)NCCc2ccc(S(N)(=O)=O)cc2)co1. The third kappa shape index (κ3) is 5.74. The lowest BCUT2D eigenvalue weighted by Crippen LogP contribution is -2.26. The number of carbonyl (C=O) groups is 1. The van der Waals surface area contributed by atoms with Gasteiger partial charge in [-0.1, -0.05) is 42.5 Å². The standard InChI is InChI=1S/C20H22N4O4S/c21-17(12-15-4-2-1-3-5-15)20-24-18(13-28-20)19(25)23-11-10-14-6-8-16(9-7-14)29(22,26)27/h1-9,13,17H,10-12,21H2,(H,23,25)(H2,22,26,27). The van der Waals surface area contributed by atoms with Gasteiger partial charge in [0.05, 0.1) is 10.9 Å². The van der Waals surface area contributed by atoms with E-state index in [1.807, 2.05) is 30.3 Å². The Morgan fingerprint density at radius 2 is 1.76 bits per heavy atom. The van der Waals surface area contributed by atoms with Gasteiger partial charge in [-0.15, -0.1) is 0 Å². The Balaban J connectivity index is 1.51. The van der Waals surface area contributed by atoms with Gasteiger partial charge in [0, 0.05) is 6.54 Å². The second-order valence-corrected chi connectivity index (χ2v) is 8.12. The van der Waals surface area contributed by atoms with Crippen LogP contribution in [0.2, 0.25) is 0 Å². The molecule has 0 saturated carbocycles. The van der Waals surface area contributed by atoms with Crippen molar-refractivity contribution >= 4 is 15.9 Å². The quantitative estimate of drug-likeness (QED) is 0.510. The normalized spacial score (nSPS) is 12.5. The highest BCUT2D eigenvalue weighted by molar-refractivity contribution is 7.89. The van der Waals surface area contributed by atoms with Crippen molar-refractivity contribution in [3.63, 3.8) is 0 Å². The summed E-state index contributed by atoms with van der Waals surface area (Å²) in [6.07, 6.45) is 2.36. The third-order valence-electron chi connectivity index (χ3n) is 4.32. The average molecular weight is 414 g/mol. The maximum atomic E-state index is 12.2. The second-order valence-electron chi connectivity index (χ2n) is 6.56. The fourth-order valence-corrected chi connectivity index (χ4v) is 3.29. The van der Waals surface area contributed by atoms with E-state index >= 15 is 0 Å². The molecule has 0 fully saturated rings. The minimum Gasteiger partial charge on any atom is -0.446 e. The lowest BCUT2D eigenvalue weighted by Gasteiger charge is -2.07. The van der Waals surface area contributed by atoms with Gasteiger partial charge in [-0.05, 0) is 36.1 Å². The molecule has 1 amide bonds. The van der Waals surface area contributed by atoms with Crippen molar-refractivity contribution in [1.82, 2.24) is 10.3 Å². The van der Waals surface area contributed by atoms with Crippen LogP contribution >= 0.6 is 0 Å². The molecule has 1 unspecified atom stereocenters. The summed E-state index contributed by atoms with van der Waals surface area (Å²) in [6, 6.07) is 15.4. The van der Waals surface area contributed by atoms with Crippen LogP contribution in [0.1, 0.15) is 33.5 Å². The molecule has 2 aromatic carbocycles. The first-order valence-corrected chi connectivity index (χ1v) is 10.5. The van der Waals surface area contributed by atoms with Gasteiger partial charge in [-0.25, -0.2) is 18.5 Å². The van der Waals surface area contributed by atoms with Crippen molar-refractivity contribution < 1.29 is 17.6 Å². The number of carbonyl (C=O) groups excluding carboxylic acids is 1. The highest BCUT2D eigenvalue weighted by Crippen LogP contribution is 2.16. The van der Waals surface area contributed by atoms with E-state index in [1.54, 1.807) is 12.1 Å². The number of benzene rings is 2. The Labute approximate surface area is 169 Å². The summed E-state index contributed by atoms with van der Waals surface area (Å²) >= 11 is 0. The van der Waals surface area contributed by atoms with E-state index in [2.05, 4.69) is 10.3 Å². The monoisotopic (exact) mass is 414 g/mol. The number of nitrogens with one attached hydrogen (secondary N) is 1. The molecule has 29 heavy (non-hydrogen) atoms. The number of nitrogens with zero attached hydrogens (tertiary/aromatic N) is 1. The van der Waals surface area contributed by atoms with Gasteiger partial charge < -0.3 is 15.5 Å². The van der Waals surface area contributed by atoms with Gasteiger partial charge in [-0.3, -0.25) is 4.79 Å². The third-order valence-corrected chi connectivity index (χ3v) is 5.25. The van der Waals surface area contributed by atoms with Crippen LogP contribution in [0.4, 0.5) is 0 Å². The van der Waals surface area contributed by atoms with Crippen LogP contribution in [-0.2, 0) is 22.9 Å². The molecule has 5 N–H and O–H groups in total. The summed E-state index contributed by atoms with van der Waals surface area (Å²) in [7, 11) is -3.71. The second kappa shape index (κ2) is 8.99. The summed E-state index contributed by atoms with van der Waals surface area (Å²) in [5.41, 5.74) is 8.20. The smallest absolute Gasteiger partial charge is 0.273 e. The highest BCUT2D eigenvalue weighted by Gasteiger charge is 2.17. The molecule has 152 valence electrons. The Hall–Kier alpha value is -3.01. The molecule has 0 aliphatic rings. The number of rotatable bonds is 8. The van der Waals surface area contributed by atoms with Gasteiger partial charge in [0.25, 0.3) is 5.91 Å². The van der Waals surface area contributed by atoms with Gasteiger partial charge in [0.15, 0.2) is 5.69 Å². The number of hydrogen-bond donors (Lipinski definition) is 3. The van der Waals surface area contributed by atoms with Crippen molar-refractivity contribution in [1.29, 1.82) is 0 Å². The van der Waals surface area contributed by atoms with Crippen LogP contribution in [-0.4, -0.2) is 25.9 Å². The topological polar surface area (TPSA) is 141 Å². The van der Waals surface area contributed by atoms with Gasteiger partial charge >= 0.3 is 0 Å². The number of nitrogens with two attached hydrogens (primary N) is 2. The molecule has 1 aromatic heterocycles. The molecule has 3 aromatic rings. The number of oxazole rings is 1. The summed E-state index contributed by atoms with van der Waals surface area (Å²) in [4.78, 5) is 16.5. The maximum Gasteiger partial charge on any atom is 0.273 e. The average Bonchev–Trinajstić information content (AvgIpc) is 3.19. The Morgan fingerprint density at radius 3 is 2.41 bits per heavy atom. The predicted octanol–water partition coefficient (Wildman–Crippen LogP) is 1.54. The number of amides is 1. The first kappa shape index (κ1) is 20.7. The van der Waals surface area contributed by atoms with Gasteiger partial charge in [-0.2, -0.15) is 0 Å². The van der Waals surface area contributed by atoms with E-state index in [9.17, 15) is 13.2 Å². The molecular formula is C20H22N4O4S. The zero-order valence-electron chi connectivity index (χ0n) is 15.6. The van der Waals surface area contributed by atoms with Crippen LogP contribution in [0.25, 0.3) is 0 Å². The summed E-state index contributed by atoms with van der Waals surface area (Å²) in [6.45, 7) is 0.353. The van der Waals surface area contributed by atoms with E-state index in [1.165, 1.54) is 18.4 Å². The lowest BCUT2D eigenvalue weighted by molar-refractivity contribution is 0.0949. The molecule has 0 aliphatic carbocycles. The van der Waals surface area contributed by atoms with Crippen molar-refractivity contribution in [2.75, 3.05) is 6.54 Å². The zero-order valence-corrected chi connectivity index (χ0v) is 16.4. The molecule has 0 spiro atoms. The molecule has 3 rings (SSSR count). The van der Waals surface area contributed by atoms with E-state index in [-0.39, 0.29) is 16.5 Å². The Bertz CT molecular complexity index is 1060. The van der Waals surface area contributed by atoms with Crippen LogP contribution in [0.3, 0.4) is 0 Å².